The Morgan fingerprint density at radius 2 is 1.96 bits per heavy atom. The molecular weight excluding hydrogens is 340 g/mol. The first-order valence-corrected chi connectivity index (χ1v) is 6.88. The van der Waals surface area contributed by atoms with Crippen molar-refractivity contribution in [3.8, 4) is 5.75 Å². The number of carbonyl (C=O) groups is 2. The van der Waals surface area contributed by atoms with Crippen molar-refractivity contribution in [1.82, 2.24) is 0 Å². The fourth-order valence-corrected chi connectivity index (χ4v) is 2.15. The second-order valence-electron chi connectivity index (χ2n) is 4.59. The summed E-state index contributed by atoms with van der Waals surface area (Å²) in [6.45, 7) is 0. The Kier molecular flexibility index (Phi) is 5.00. The zero-order chi connectivity index (χ0) is 17.9. The molecule has 0 radical (unpaired) electrons. The van der Waals surface area contributed by atoms with E-state index in [1.54, 1.807) is 0 Å². The first-order chi connectivity index (χ1) is 11.3. The summed E-state index contributed by atoms with van der Waals surface area (Å²) in [6, 6.07) is 7.55. The Hall–Kier alpha value is -3.13. The van der Waals surface area contributed by atoms with Crippen LogP contribution < -0.4 is 10.1 Å². The number of aromatic carboxylic acids is 1. The van der Waals surface area contributed by atoms with Gasteiger partial charge in [0.1, 0.15) is 0 Å². The summed E-state index contributed by atoms with van der Waals surface area (Å²) in [5, 5.41) is 22.7. The molecule has 0 saturated heterocycles. The third-order valence-corrected chi connectivity index (χ3v) is 3.33. The van der Waals surface area contributed by atoms with Gasteiger partial charge in [0.15, 0.2) is 5.75 Å². The SMILES string of the molecule is COc1ccc(C(=O)Nc2cc(Cl)ccc2C(=O)O)cc1[N+](=O)[O-]. The van der Waals surface area contributed by atoms with E-state index in [0.29, 0.717) is 0 Å². The van der Waals surface area contributed by atoms with Crippen LogP contribution in [0.15, 0.2) is 36.4 Å². The molecule has 24 heavy (non-hydrogen) atoms. The largest absolute Gasteiger partial charge is 0.490 e. The van der Waals surface area contributed by atoms with Crippen molar-refractivity contribution < 1.29 is 24.4 Å². The quantitative estimate of drug-likeness (QED) is 0.631. The smallest absolute Gasteiger partial charge is 0.337 e. The average Bonchev–Trinajstić information content (AvgIpc) is 2.53. The summed E-state index contributed by atoms with van der Waals surface area (Å²) in [7, 11) is 1.27. The van der Waals surface area contributed by atoms with Gasteiger partial charge in [-0.3, -0.25) is 14.9 Å². The summed E-state index contributed by atoms with van der Waals surface area (Å²) in [5.74, 6) is -1.96. The Morgan fingerprint density at radius 1 is 1.25 bits per heavy atom. The summed E-state index contributed by atoms with van der Waals surface area (Å²) in [5.41, 5.74) is -0.581. The topological polar surface area (TPSA) is 119 Å². The van der Waals surface area contributed by atoms with Crippen molar-refractivity contribution in [2.45, 2.75) is 0 Å². The van der Waals surface area contributed by atoms with Gasteiger partial charge in [-0.2, -0.15) is 0 Å². The lowest BCUT2D eigenvalue weighted by Gasteiger charge is -2.09. The predicted molar refractivity (Wildman–Crippen MR) is 86.0 cm³/mol. The third-order valence-electron chi connectivity index (χ3n) is 3.10. The second kappa shape index (κ2) is 6.97. The number of nitrogens with zero attached hydrogens (tertiary/aromatic N) is 1. The molecule has 2 N–H and O–H groups in total. The molecule has 2 aromatic rings. The maximum atomic E-state index is 12.3. The number of nitro benzene ring substituents is 1. The van der Waals surface area contributed by atoms with Crippen molar-refractivity contribution >= 4 is 34.9 Å². The zero-order valence-electron chi connectivity index (χ0n) is 12.3. The number of ether oxygens (including phenoxy) is 1. The molecule has 0 spiro atoms. The molecule has 0 saturated carbocycles. The molecule has 0 aliphatic heterocycles. The van der Waals surface area contributed by atoms with Crippen LogP contribution >= 0.6 is 11.6 Å². The molecule has 0 aliphatic carbocycles. The lowest BCUT2D eigenvalue weighted by atomic mass is 10.1. The average molecular weight is 351 g/mol. The number of rotatable bonds is 5. The molecule has 0 atom stereocenters. The number of halogens is 1. The molecule has 0 unspecified atom stereocenters. The highest BCUT2D eigenvalue weighted by Crippen LogP contribution is 2.28. The van der Waals surface area contributed by atoms with Gasteiger partial charge in [-0.05, 0) is 30.3 Å². The normalized spacial score (nSPS) is 10.1. The fraction of sp³-hybridized carbons (Fsp3) is 0.0667. The molecule has 2 aromatic carbocycles. The standard InChI is InChI=1S/C15H11ClN2O6/c1-24-13-5-2-8(6-12(13)18(22)23)14(19)17-11-7-9(16)3-4-10(11)15(20)21/h2-7H,1H3,(H,17,19)(H,20,21). The minimum atomic E-state index is -1.25. The summed E-state index contributed by atoms with van der Waals surface area (Å²) >= 11 is 5.81. The number of nitro groups is 1. The number of hydrogen-bond acceptors (Lipinski definition) is 5. The van der Waals surface area contributed by atoms with Crippen LogP contribution in [0.25, 0.3) is 0 Å². The Balaban J connectivity index is 2.37. The summed E-state index contributed by atoms with van der Waals surface area (Å²) in [6.07, 6.45) is 0. The van der Waals surface area contributed by atoms with E-state index in [4.69, 9.17) is 21.4 Å². The van der Waals surface area contributed by atoms with Gasteiger partial charge in [-0.1, -0.05) is 11.6 Å². The van der Waals surface area contributed by atoms with Crippen molar-refractivity contribution in [2.75, 3.05) is 12.4 Å². The highest BCUT2D eigenvalue weighted by molar-refractivity contribution is 6.31. The molecule has 9 heteroatoms. The van der Waals surface area contributed by atoms with Crippen LogP contribution in [0, 0.1) is 10.1 Å². The minimum Gasteiger partial charge on any atom is -0.490 e. The van der Waals surface area contributed by atoms with Gasteiger partial charge in [-0.15, -0.1) is 0 Å². The molecular formula is C15H11ClN2O6. The van der Waals surface area contributed by atoms with Gasteiger partial charge in [0.25, 0.3) is 5.91 Å². The van der Waals surface area contributed by atoms with E-state index < -0.39 is 16.8 Å². The van der Waals surface area contributed by atoms with Crippen molar-refractivity contribution in [1.29, 1.82) is 0 Å². The maximum absolute atomic E-state index is 12.3. The number of anilines is 1. The van der Waals surface area contributed by atoms with E-state index in [9.17, 15) is 19.7 Å². The van der Waals surface area contributed by atoms with Gasteiger partial charge in [0.2, 0.25) is 0 Å². The van der Waals surface area contributed by atoms with Gasteiger partial charge in [0, 0.05) is 16.7 Å². The van der Waals surface area contributed by atoms with Gasteiger partial charge in [0.05, 0.1) is 23.3 Å². The minimum absolute atomic E-state index is 0.00512. The Labute approximate surface area is 140 Å². The maximum Gasteiger partial charge on any atom is 0.337 e. The number of nitrogens with one attached hydrogen (secondary N) is 1. The number of carboxylic acids is 1. The Bertz CT molecular complexity index is 837. The number of carboxylic acid groups (broad SMARTS) is 1. The molecule has 0 fully saturated rings. The monoisotopic (exact) mass is 350 g/mol. The third kappa shape index (κ3) is 3.61. The number of methoxy groups -OCH3 is 1. The number of benzene rings is 2. The van der Waals surface area contributed by atoms with Crippen molar-refractivity contribution in [2.24, 2.45) is 0 Å². The first kappa shape index (κ1) is 17.2. The van der Waals surface area contributed by atoms with Gasteiger partial charge < -0.3 is 15.2 Å². The predicted octanol–water partition coefficient (Wildman–Crippen LogP) is 3.21. The van der Waals surface area contributed by atoms with E-state index in [1.807, 2.05) is 0 Å². The molecule has 0 heterocycles. The second-order valence-corrected chi connectivity index (χ2v) is 5.03. The van der Waals surface area contributed by atoms with E-state index >= 15 is 0 Å². The molecule has 1 amide bonds. The lowest BCUT2D eigenvalue weighted by molar-refractivity contribution is -0.385. The number of carbonyl (C=O) groups excluding carboxylic acids is 1. The van der Waals surface area contributed by atoms with E-state index in [-0.39, 0.29) is 33.3 Å². The first-order valence-electron chi connectivity index (χ1n) is 6.50. The highest BCUT2D eigenvalue weighted by atomic mass is 35.5. The van der Waals surface area contributed by atoms with Crippen LogP contribution in [0.3, 0.4) is 0 Å². The van der Waals surface area contributed by atoms with Gasteiger partial charge in [-0.25, -0.2) is 4.79 Å². The Morgan fingerprint density at radius 3 is 2.54 bits per heavy atom. The summed E-state index contributed by atoms with van der Waals surface area (Å²) < 4.78 is 4.86. The van der Waals surface area contributed by atoms with Gasteiger partial charge >= 0.3 is 11.7 Å². The van der Waals surface area contributed by atoms with Crippen molar-refractivity contribution in [3.05, 3.63) is 62.7 Å². The zero-order valence-corrected chi connectivity index (χ0v) is 13.0. The molecule has 0 aliphatic rings. The molecule has 8 nitrogen and oxygen atoms in total. The molecule has 0 aromatic heterocycles. The van der Waals surface area contributed by atoms with Crippen molar-refractivity contribution in [3.63, 3.8) is 0 Å². The fourth-order valence-electron chi connectivity index (χ4n) is 1.97. The van der Waals surface area contributed by atoms with Crippen LogP contribution in [0.4, 0.5) is 11.4 Å². The number of amides is 1. The molecule has 0 bridgehead atoms. The van der Waals surface area contributed by atoms with Crippen LogP contribution in [0.2, 0.25) is 5.02 Å². The van der Waals surface area contributed by atoms with Crippen LogP contribution in [0.1, 0.15) is 20.7 Å². The lowest BCUT2D eigenvalue weighted by Crippen LogP contribution is -2.15. The van der Waals surface area contributed by atoms with E-state index in [2.05, 4.69) is 5.32 Å². The van der Waals surface area contributed by atoms with E-state index in [1.165, 1.54) is 37.4 Å². The summed E-state index contributed by atoms with van der Waals surface area (Å²) in [4.78, 5) is 33.8. The molecule has 2 rings (SSSR count). The van der Waals surface area contributed by atoms with E-state index in [0.717, 1.165) is 6.07 Å². The molecule has 124 valence electrons. The number of hydrogen-bond donors (Lipinski definition) is 2. The van der Waals surface area contributed by atoms with Crippen LogP contribution in [-0.2, 0) is 0 Å². The highest BCUT2D eigenvalue weighted by Gasteiger charge is 2.19. The van der Waals surface area contributed by atoms with Crippen LogP contribution in [-0.4, -0.2) is 29.0 Å². The van der Waals surface area contributed by atoms with Crippen LogP contribution in [0.5, 0.6) is 5.75 Å².